The predicted molar refractivity (Wildman–Crippen MR) is 60.4 cm³/mol. The van der Waals surface area contributed by atoms with Crippen molar-refractivity contribution in [2.45, 2.75) is 12.2 Å². The van der Waals surface area contributed by atoms with E-state index in [9.17, 15) is 15.0 Å². The molecule has 0 fully saturated rings. The van der Waals surface area contributed by atoms with Gasteiger partial charge in [-0.15, -0.1) is 0 Å². The maximum Gasteiger partial charge on any atom is 0.337 e. The lowest BCUT2D eigenvalue weighted by molar-refractivity contribution is 0.0308. The number of esters is 1. The van der Waals surface area contributed by atoms with Gasteiger partial charge in [0.25, 0.3) is 0 Å². The number of hydrogen-bond donors (Lipinski definition) is 3. The number of aliphatic hydroxyl groups is 2. The number of nitrogens with zero attached hydrogens (tertiary/aromatic N) is 1. The summed E-state index contributed by atoms with van der Waals surface area (Å²) in [5, 5.41) is 19.0. The standard InChI is InChI=1S/C10H13NO4S/c1-15-10(14)6-2-3-11-7(4-6)9(13)8(12)5-16/h2-4,8-9,12-13,16H,5H2,1H3. The quantitative estimate of drug-likeness (QED) is 0.520. The van der Waals surface area contributed by atoms with Crippen LogP contribution in [0, 0.1) is 0 Å². The topological polar surface area (TPSA) is 79.7 Å². The van der Waals surface area contributed by atoms with E-state index in [4.69, 9.17) is 0 Å². The van der Waals surface area contributed by atoms with Crippen molar-refractivity contribution < 1.29 is 19.7 Å². The van der Waals surface area contributed by atoms with Crippen LogP contribution >= 0.6 is 12.6 Å². The molecule has 2 unspecified atom stereocenters. The second kappa shape index (κ2) is 5.83. The van der Waals surface area contributed by atoms with Gasteiger partial charge in [0.05, 0.1) is 24.5 Å². The van der Waals surface area contributed by atoms with Crippen molar-refractivity contribution in [1.82, 2.24) is 4.98 Å². The van der Waals surface area contributed by atoms with Gasteiger partial charge in [-0.05, 0) is 12.1 Å². The van der Waals surface area contributed by atoms with Gasteiger partial charge >= 0.3 is 5.97 Å². The number of aliphatic hydroxyl groups excluding tert-OH is 2. The van der Waals surface area contributed by atoms with Gasteiger partial charge < -0.3 is 14.9 Å². The Hall–Kier alpha value is -1.11. The first-order chi connectivity index (χ1) is 7.60. The van der Waals surface area contributed by atoms with Crippen LogP contribution in [0.1, 0.15) is 22.2 Å². The fourth-order valence-electron chi connectivity index (χ4n) is 1.15. The summed E-state index contributed by atoms with van der Waals surface area (Å²) < 4.78 is 4.53. The summed E-state index contributed by atoms with van der Waals surface area (Å²) in [7, 11) is 1.27. The zero-order valence-electron chi connectivity index (χ0n) is 8.70. The molecule has 0 spiro atoms. The highest BCUT2D eigenvalue weighted by atomic mass is 32.1. The van der Waals surface area contributed by atoms with Crippen LogP contribution in [0.3, 0.4) is 0 Å². The number of ether oxygens (including phenoxy) is 1. The van der Waals surface area contributed by atoms with Crippen molar-refractivity contribution in [2.75, 3.05) is 12.9 Å². The molecule has 0 aromatic carbocycles. The minimum Gasteiger partial charge on any atom is -0.465 e. The zero-order chi connectivity index (χ0) is 12.1. The number of hydrogen-bond acceptors (Lipinski definition) is 6. The van der Waals surface area contributed by atoms with Crippen LogP contribution in [0.4, 0.5) is 0 Å². The molecule has 0 amide bonds. The summed E-state index contributed by atoms with van der Waals surface area (Å²) in [6.07, 6.45) is -0.818. The van der Waals surface area contributed by atoms with Crippen LogP contribution in [-0.2, 0) is 4.74 Å². The van der Waals surface area contributed by atoms with E-state index in [1.54, 1.807) is 0 Å². The maximum atomic E-state index is 11.2. The van der Waals surface area contributed by atoms with Crippen LogP contribution in [-0.4, -0.2) is 40.1 Å². The van der Waals surface area contributed by atoms with Crippen molar-refractivity contribution in [1.29, 1.82) is 0 Å². The molecule has 0 aliphatic heterocycles. The fraction of sp³-hybridized carbons (Fsp3) is 0.400. The molecule has 1 aromatic heterocycles. The van der Waals surface area contributed by atoms with Crippen LogP contribution in [0.15, 0.2) is 18.3 Å². The first-order valence-corrected chi connectivity index (χ1v) is 5.24. The second-order valence-electron chi connectivity index (χ2n) is 3.16. The lowest BCUT2D eigenvalue weighted by Crippen LogP contribution is -2.21. The molecular weight excluding hydrogens is 230 g/mol. The monoisotopic (exact) mass is 243 g/mol. The lowest BCUT2D eigenvalue weighted by atomic mass is 10.1. The minimum absolute atomic E-state index is 0.102. The molecular formula is C10H13NO4S. The van der Waals surface area contributed by atoms with Crippen molar-refractivity contribution >= 4 is 18.6 Å². The predicted octanol–water partition coefficient (Wildman–Crippen LogP) is 0.192. The van der Waals surface area contributed by atoms with Crippen LogP contribution in [0.2, 0.25) is 0 Å². The van der Waals surface area contributed by atoms with Gasteiger partial charge in [-0.1, -0.05) is 0 Å². The van der Waals surface area contributed by atoms with Gasteiger partial charge in [0.2, 0.25) is 0 Å². The molecule has 0 saturated carbocycles. The van der Waals surface area contributed by atoms with E-state index in [2.05, 4.69) is 22.3 Å². The Bertz CT molecular complexity index is 372. The van der Waals surface area contributed by atoms with E-state index in [1.165, 1.54) is 25.4 Å². The van der Waals surface area contributed by atoms with Gasteiger partial charge in [-0.2, -0.15) is 12.6 Å². The number of methoxy groups -OCH3 is 1. The van der Waals surface area contributed by atoms with Gasteiger partial charge in [0.1, 0.15) is 6.10 Å². The summed E-state index contributed by atoms with van der Waals surface area (Å²) in [5.41, 5.74) is 0.488. The van der Waals surface area contributed by atoms with Crippen molar-refractivity contribution in [3.8, 4) is 0 Å². The average molecular weight is 243 g/mol. The highest BCUT2D eigenvalue weighted by Gasteiger charge is 2.19. The second-order valence-corrected chi connectivity index (χ2v) is 3.52. The Morgan fingerprint density at radius 1 is 1.62 bits per heavy atom. The third kappa shape index (κ3) is 2.94. The van der Waals surface area contributed by atoms with E-state index < -0.39 is 18.2 Å². The van der Waals surface area contributed by atoms with Crippen LogP contribution in [0.5, 0.6) is 0 Å². The normalized spacial score (nSPS) is 14.2. The first-order valence-electron chi connectivity index (χ1n) is 4.61. The molecule has 88 valence electrons. The van der Waals surface area contributed by atoms with E-state index in [0.717, 1.165) is 0 Å². The Labute approximate surface area is 98.5 Å². The number of carbonyl (C=O) groups is 1. The highest BCUT2D eigenvalue weighted by molar-refractivity contribution is 7.80. The molecule has 0 aliphatic carbocycles. The van der Waals surface area contributed by atoms with E-state index >= 15 is 0 Å². The highest BCUT2D eigenvalue weighted by Crippen LogP contribution is 2.16. The molecule has 6 heteroatoms. The molecule has 1 aromatic rings. The average Bonchev–Trinajstić information content (AvgIpc) is 2.36. The van der Waals surface area contributed by atoms with E-state index in [-0.39, 0.29) is 17.0 Å². The maximum absolute atomic E-state index is 11.2. The minimum atomic E-state index is -1.16. The number of thiol groups is 1. The van der Waals surface area contributed by atoms with E-state index in [0.29, 0.717) is 0 Å². The molecule has 2 N–H and O–H groups in total. The number of carbonyl (C=O) groups excluding carboxylic acids is 1. The third-order valence-corrected chi connectivity index (χ3v) is 2.43. The molecule has 16 heavy (non-hydrogen) atoms. The van der Waals surface area contributed by atoms with Crippen molar-refractivity contribution in [3.63, 3.8) is 0 Å². The first kappa shape index (κ1) is 13.0. The van der Waals surface area contributed by atoms with E-state index in [1.807, 2.05) is 0 Å². The largest absolute Gasteiger partial charge is 0.465 e. The molecule has 2 atom stereocenters. The summed E-state index contributed by atoms with van der Waals surface area (Å²) in [6.45, 7) is 0. The van der Waals surface area contributed by atoms with Crippen molar-refractivity contribution in [2.24, 2.45) is 0 Å². The molecule has 0 radical (unpaired) electrons. The Kier molecular flexibility index (Phi) is 4.72. The van der Waals surface area contributed by atoms with Gasteiger partial charge in [0.15, 0.2) is 0 Å². The lowest BCUT2D eigenvalue weighted by Gasteiger charge is -2.15. The Morgan fingerprint density at radius 2 is 2.31 bits per heavy atom. The van der Waals surface area contributed by atoms with Crippen molar-refractivity contribution in [3.05, 3.63) is 29.6 Å². The van der Waals surface area contributed by atoms with Crippen LogP contribution in [0.25, 0.3) is 0 Å². The fourth-order valence-corrected chi connectivity index (χ4v) is 1.35. The number of aromatic nitrogens is 1. The summed E-state index contributed by atoms with van der Waals surface area (Å²) in [6, 6.07) is 2.85. The molecule has 0 saturated heterocycles. The van der Waals surface area contributed by atoms with Gasteiger partial charge in [0, 0.05) is 11.9 Å². The summed E-state index contributed by atoms with van der Waals surface area (Å²) in [5.74, 6) is -0.415. The van der Waals surface area contributed by atoms with Gasteiger partial charge in [-0.25, -0.2) is 4.79 Å². The molecule has 1 heterocycles. The smallest absolute Gasteiger partial charge is 0.337 e. The molecule has 1 rings (SSSR count). The Balaban J connectivity index is 2.94. The Morgan fingerprint density at radius 3 is 2.88 bits per heavy atom. The van der Waals surface area contributed by atoms with Gasteiger partial charge in [-0.3, -0.25) is 4.98 Å². The molecule has 0 aliphatic rings. The summed E-state index contributed by atoms with van der Waals surface area (Å²) >= 11 is 3.86. The van der Waals surface area contributed by atoms with Crippen LogP contribution < -0.4 is 0 Å². The summed E-state index contributed by atoms with van der Waals surface area (Å²) in [4.78, 5) is 15.1. The number of rotatable bonds is 4. The zero-order valence-corrected chi connectivity index (χ0v) is 9.59. The molecule has 5 nitrogen and oxygen atoms in total. The molecule has 0 bridgehead atoms. The SMILES string of the molecule is COC(=O)c1ccnc(C(O)C(O)CS)c1. The third-order valence-electron chi connectivity index (χ3n) is 2.06. The number of pyridine rings is 1.